The zero-order valence-corrected chi connectivity index (χ0v) is 15.9. The van der Waals surface area contributed by atoms with Gasteiger partial charge in [0.2, 0.25) is 0 Å². The zero-order chi connectivity index (χ0) is 17.4. The van der Waals surface area contributed by atoms with E-state index < -0.39 is 0 Å². The Hall–Kier alpha value is -2.18. The summed E-state index contributed by atoms with van der Waals surface area (Å²) in [4.78, 5) is 20.9. The molecule has 0 saturated heterocycles. The quantitative estimate of drug-likeness (QED) is 0.596. The molecule has 4 nitrogen and oxygen atoms in total. The number of benzene rings is 1. The summed E-state index contributed by atoms with van der Waals surface area (Å²) < 4.78 is 6.68. The van der Waals surface area contributed by atoms with E-state index in [1.54, 1.807) is 11.1 Å². The topological polar surface area (TPSA) is 42.4 Å². The lowest BCUT2D eigenvalue weighted by atomic mass is 10.1. The second-order valence-electron chi connectivity index (χ2n) is 5.63. The number of nitrogens with zero attached hydrogens (tertiary/aromatic N) is 2. The van der Waals surface area contributed by atoms with Crippen LogP contribution in [-0.4, -0.2) is 17.4 Å². The van der Waals surface area contributed by atoms with E-state index in [0.29, 0.717) is 23.8 Å². The monoisotopic (exact) mass is 414 g/mol. The Kier molecular flexibility index (Phi) is 4.31. The van der Waals surface area contributed by atoms with E-state index in [1.165, 1.54) is 11.3 Å². The molecule has 3 heterocycles. The molecule has 2 aromatic heterocycles. The van der Waals surface area contributed by atoms with Gasteiger partial charge in [-0.25, -0.2) is 4.98 Å². The van der Waals surface area contributed by atoms with Crippen LogP contribution >= 0.6 is 27.3 Å². The fraction of sp³-hybridized carbons (Fsp3) is 0.158. The molecule has 1 aliphatic heterocycles. The Morgan fingerprint density at radius 2 is 2.16 bits per heavy atom. The Morgan fingerprint density at radius 3 is 2.92 bits per heavy atom. The first-order chi connectivity index (χ1) is 12.2. The molecular weight excluding hydrogens is 400 g/mol. The molecule has 25 heavy (non-hydrogen) atoms. The average Bonchev–Trinajstić information content (AvgIpc) is 3.08. The highest BCUT2D eigenvalue weighted by molar-refractivity contribution is 9.10. The Morgan fingerprint density at radius 1 is 1.32 bits per heavy atom. The van der Waals surface area contributed by atoms with Crippen LogP contribution in [0, 0.1) is 0 Å². The third kappa shape index (κ3) is 2.96. The SMILES string of the molecule is CCN(C(=O)c1cc2c(s1)-c1ccccc1OC2)c1ccc(Br)cn1. The van der Waals surface area contributed by atoms with Crippen molar-refractivity contribution >= 4 is 39.0 Å². The number of carbonyl (C=O) groups is 1. The predicted molar refractivity (Wildman–Crippen MR) is 103 cm³/mol. The maximum atomic E-state index is 13.0. The first-order valence-electron chi connectivity index (χ1n) is 7.95. The van der Waals surface area contributed by atoms with Gasteiger partial charge in [-0.1, -0.05) is 12.1 Å². The molecule has 1 amide bonds. The summed E-state index contributed by atoms with van der Waals surface area (Å²) in [5.41, 5.74) is 2.12. The van der Waals surface area contributed by atoms with Crippen molar-refractivity contribution in [3.8, 4) is 16.2 Å². The number of ether oxygens (including phenoxy) is 1. The third-order valence-electron chi connectivity index (χ3n) is 4.08. The van der Waals surface area contributed by atoms with Gasteiger partial charge in [-0.05, 0) is 53.2 Å². The summed E-state index contributed by atoms with van der Waals surface area (Å²) in [5, 5.41) is 0. The van der Waals surface area contributed by atoms with E-state index in [9.17, 15) is 4.79 Å². The zero-order valence-electron chi connectivity index (χ0n) is 13.5. The van der Waals surface area contributed by atoms with Crippen LogP contribution in [-0.2, 0) is 6.61 Å². The van der Waals surface area contributed by atoms with E-state index in [4.69, 9.17) is 4.74 Å². The van der Waals surface area contributed by atoms with Crippen LogP contribution in [0.3, 0.4) is 0 Å². The summed E-state index contributed by atoms with van der Waals surface area (Å²) in [6, 6.07) is 13.6. The van der Waals surface area contributed by atoms with E-state index in [1.807, 2.05) is 49.4 Å². The highest BCUT2D eigenvalue weighted by atomic mass is 79.9. The van der Waals surface area contributed by atoms with Crippen molar-refractivity contribution in [2.45, 2.75) is 13.5 Å². The number of hydrogen-bond acceptors (Lipinski definition) is 4. The van der Waals surface area contributed by atoms with Crippen LogP contribution in [0.25, 0.3) is 10.4 Å². The molecule has 0 N–H and O–H groups in total. The molecule has 0 spiro atoms. The molecule has 126 valence electrons. The number of halogens is 1. The van der Waals surface area contributed by atoms with Gasteiger partial charge in [-0.3, -0.25) is 9.69 Å². The van der Waals surface area contributed by atoms with E-state index in [-0.39, 0.29) is 5.91 Å². The van der Waals surface area contributed by atoms with Crippen molar-refractivity contribution in [2.24, 2.45) is 0 Å². The van der Waals surface area contributed by atoms with Crippen LogP contribution in [0.4, 0.5) is 5.82 Å². The van der Waals surface area contributed by atoms with Crippen molar-refractivity contribution in [1.82, 2.24) is 4.98 Å². The van der Waals surface area contributed by atoms with Gasteiger partial charge in [0, 0.05) is 33.2 Å². The minimum Gasteiger partial charge on any atom is -0.488 e. The number of hydrogen-bond donors (Lipinski definition) is 0. The number of amides is 1. The molecule has 0 bridgehead atoms. The lowest BCUT2D eigenvalue weighted by Crippen LogP contribution is -2.30. The van der Waals surface area contributed by atoms with E-state index >= 15 is 0 Å². The summed E-state index contributed by atoms with van der Waals surface area (Å²) >= 11 is 4.89. The Bertz CT molecular complexity index is 937. The number of rotatable bonds is 3. The number of para-hydroxylation sites is 1. The number of pyridine rings is 1. The highest BCUT2D eigenvalue weighted by Crippen LogP contribution is 2.42. The molecule has 1 aromatic carbocycles. The van der Waals surface area contributed by atoms with Gasteiger partial charge in [-0.2, -0.15) is 0 Å². The minimum atomic E-state index is -0.0331. The number of anilines is 1. The third-order valence-corrected chi connectivity index (χ3v) is 5.75. The van der Waals surface area contributed by atoms with Gasteiger partial charge < -0.3 is 4.74 Å². The van der Waals surface area contributed by atoms with Gasteiger partial charge in [0.1, 0.15) is 18.2 Å². The maximum Gasteiger partial charge on any atom is 0.269 e. The van der Waals surface area contributed by atoms with Gasteiger partial charge in [-0.15, -0.1) is 11.3 Å². The van der Waals surface area contributed by atoms with Crippen molar-refractivity contribution in [2.75, 3.05) is 11.4 Å². The molecule has 1 aliphatic rings. The number of fused-ring (bicyclic) bond motifs is 3. The average molecular weight is 415 g/mol. The molecule has 3 aromatic rings. The standard InChI is InChI=1S/C19H15BrN2O2S/c1-2-22(17-8-7-13(20)10-21-17)19(23)16-9-12-11-24-15-6-4-3-5-14(15)18(12)25-16/h3-10H,2,11H2,1H3. The smallest absolute Gasteiger partial charge is 0.269 e. The Balaban J connectivity index is 1.70. The molecule has 0 radical (unpaired) electrons. The molecule has 4 rings (SSSR count). The number of carbonyl (C=O) groups excluding carboxylic acids is 1. The van der Waals surface area contributed by atoms with Gasteiger partial charge in [0.05, 0.1) is 4.88 Å². The summed E-state index contributed by atoms with van der Waals surface area (Å²) in [6.45, 7) is 3.01. The normalized spacial score (nSPS) is 12.1. The molecule has 6 heteroatoms. The van der Waals surface area contributed by atoms with Crippen LogP contribution in [0.1, 0.15) is 22.2 Å². The molecule has 0 fully saturated rings. The van der Waals surface area contributed by atoms with Crippen LogP contribution in [0.15, 0.2) is 53.1 Å². The van der Waals surface area contributed by atoms with Gasteiger partial charge in [0.15, 0.2) is 0 Å². The second kappa shape index (κ2) is 6.61. The van der Waals surface area contributed by atoms with Crippen LogP contribution < -0.4 is 9.64 Å². The molecule has 0 saturated carbocycles. The molecular formula is C19H15BrN2O2S. The lowest BCUT2D eigenvalue weighted by molar-refractivity contribution is 0.0991. The molecule has 0 aliphatic carbocycles. The van der Waals surface area contributed by atoms with Crippen molar-refractivity contribution in [3.05, 3.63) is 63.6 Å². The maximum absolute atomic E-state index is 13.0. The fourth-order valence-corrected chi connectivity index (χ4v) is 4.26. The van der Waals surface area contributed by atoms with Crippen LogP contribution in [0.5, 0.6) is 5.75 Å². The minimum absolute atomic E-state index is 0.0331. The van der Waals surface area contributed by atoms with Gasteiger partial charge in [0.25, 0.3) is 5.91 Å². The summed E-state index contributed by atoms with van der Waals surface area (Å²) in [6.07, 6.45) is 1.70. The fourth-order valence-electron chi connectivity index (χ4n) is 2.88. The van der Waals surface area contributed by atoms with Crippen molar-refractivity contribution < 1.29 is 9.53 Å². The van der Waals surface area contributed by atoms with E-state index in [0.717, 1.165) is 26.2 Å². The van der Waals surface area contributed by atoms with Gasteiger partial charge >= 0.3 is 0 Å². The Labute approximate surface area is 158 Å². The first-order valence-corrected chi connectivity index (χ1v) is 9.56. The van der Waals surface area contributed by atoms with Crippen molar-refractivity contribution in [1.29, 1.82) is 0 Å². The number of aromatic nitrogens is 1. The highest BCUT2D eigenvalue weighted by Gasteiger charge is 2.25. The first kappa shape index (κ1) is 16.3. The molecule has 0 atom stereocenters. The molecule has 0 unspecified atom stereocenters. The predicted octanol–water partition coefficient (Wildman–Crippen LogP) is 5.13. The largest absolute Gasteiger partial charge is 0.488 e. The lowest BCUT2D eigenvalue weighted by Gasteiger charge is -2.19. The van der Waals surface area contributed by atoms with Crippen molar-refractivity contribution in [3.63, 3.8) is 0 Å². The number of thiophene rings is 1. The summed E-state index contributed by atoms with van der Waals surface area (Å²) in [5.74, 6) is 1.49. The summed E-state index contributed by atoms with van der Waals surface area (Å²) in [7, 11) is 0. The van der Waals surface area contributed by atoms with E-state index in [2.05, 4.69) is 20.9 Å². The second-order valence-corrected chi connectivity index (χ2v) is 7.60. The van der Waals surface area contributed by atoms with Crippen LogP contribution in [0.2, 0.25) is 0 Å².